The van der Waals surface area contributed by atoms with Crippen LogP contribution in [0.15, 0.2) is 18.5 Å². The molecule has 1 atom stereocenters. The number of rotatable bonds is 3. The van der Waals surface area contributed by atoms with E-state index in [-0.39, 0.29) is 25.1 Å². The third-order valence-electron chi connectivity index (χ3n) is 2.76. The molecule has 1 aromatic heterocycles. The standard InChI is InChI=1S/C10H15N3O2/c14-8-9-3-1-6-13(9)10(15)7-12-5-2-4-11-12/h2,4-5,9,14H,1,3,6-8H2. The highest BCUT2D eigenvalue weighted by atomic mass is 16.3. The highest BCUT2D eigenvalue weighted by molar-refractivity contribution is 5.76. The summed E-state index contributed by atoms with van der Waals surface area (Å²) in [5, 5.41) is 13.1. The van der Waals surface area contributed by atoms with Gasteiger partial charge < -0.3 is 10.0 Å². The molecule has 0 aliphatic carbocycles. The Morgan fingerprint density at radius 3 is 3.13 bits per heavy atom. The number of hydrogen-bond acceptors (Lipinski definition) is 3. The maximum absolute atomic E-state index is 11.8. The van der Waals surface area contributed by atoms with Crippen molar-refractivity contribution in [3.8, 4) is 0 Å². The first kappa shape index (κ1) is 10.2. The minimum Gasteiger partial charge on any atom is -0.394 e. The lowest BCUT2D eigenvalue weighted by molar-refractivity contribution is -0.133. The Labute approximate surface area is 88.3 Å². The van der Waals surface area contributed by atoms with Crippen LogP contribution in [0.2, 0.25) is 0 Å². The van der Waals surface area contributed by atoms with Crippen molar-refractivity contribution in [1.82, 2.24) is 14.7 Å². The summed E-state index contributed by atoms with van der Waals surface area (Å²) in [5.74, 6) is 0.0373. The Morgan fingerprint density at radius 1 is 1.60 bits per heavy atom. The molecular formula is C10H15N3O2. The van der Waals surface area contributed by atoms with Crippen LogP contribution in [0.1, 0.15) is 12.8 Å². The van der Waals surface area contributed by atoms with E-state index in [1.165, 1.54) is 0 Å². The van der Waals surface area contributed by atoms with E-state index in [4.69, 9.17) is 5.11 Å². The van der Waals surface area contributed by atoms with E-state index < -0.39 is 0 Å². The Bertz CT molecular complexity index is 323. The Kier molecular flexibility index (Phi) is 3.01. The summed E-state index contributed by atoms with van der Waals surface area (Å²) >= 11 is 0. The van der Waals surface area contributed by atoms with Crippen molar-refractivity contribution in [2.24, 2.45) is 0 Å². The lowest BCUT2D eigenvalue weighted by Crippen LogP contribution is -2.39. The summed E-state index contributed by atoms with van der Waals surface area (Å²) < 4.78 is 1.61. The van der Waals surface area contributed by atoms with Gasteiger partial charge in [0.1, 0.15) is 6.54 Å². The number of carbonyl (C=O) groups excluding carboxylic acids is 1. The topological polar surface area (TPSA) is 58.4 Å². The number of aliphatic hydroxyl groups is 1. The highest BCUT2D eigenvalue weighted by Gasteiger charge is 2.27. The molecule has 5 heteroatoms. The Hall–Kier alpha value is -1.36. The maximum Gasteiger partial charge on any atom is 0.244 e. The van der Waals surface area contributed by atoms with Gasteiger partial charge in [-0.15, -0.1) is 0 Å². The van der Waals surface area contributed by atoms with Gasteiger partial charge in [0, 0.05) is 18.9 Å². The van der Waals surface area contributed by atoms with Crippen LogP contribution in [0.4, 0.5) is 0 Å². The summed E-state index contributed by atoms with van der Waals surface area (Å²) in [6.07, 6.45) is 5.31. The SMILES string of the molecule is O=C(Cn1cccn1)N1CCCC1CO. The summed E-state index contributed by atoms with van der Waals surface area (Å²) in [7, 11) is 0. The second kappa shape index (κ2) is 4.44. The fourth-order valence-electron chi connectivity index (χ4n) is 1.98. The zero-order valence-corrected chi connectivity index (χ0v) is 8.54. The van der Waals surface area contributed by atoms with Gasteiger partial charge in [-0.1, -0.05) is 0 Å². The molecule has 1 aliphatic heterocycles. The normalized spacial score (nSPS) is 20.9. The second-order valence-electron chi connectivity index (χ2n) is 3.77. The van der Waals surface area contributed by atoms with Gasteiger partial charge in [-0.05, 0) is 18.9 Å². The van der Waals surface area contributed by atoms with E-state index >= 15 is 0 Å². The summed E-state index contributed by atoms with van der Waals surface area (Å²) in [6.45, 7) is 1.08. The molecule has 0 spiro atoms. The first-order chi connectivity index (χ1) is 7.31. The molecule has 82 valence electrons. The van der Waals surface area contributed by atoms with Crippen molar-refractivity contribution in [3.63, 3.8) is 0 Å². The molecular weight excluding hydrogens is 194 g/mol. The molecule has 2 rings (SSSR count). The highest BCUT2D eigenvalue weighted by Crippen LogP contribution is 2.16. The minimum absolute atomic E-state index is 0.00747. The van der Waals surface area contributed by atoms with Crippen LogP contribution >= 0.6 is 0 Å². The predicted molar refractivity (Wildman–Crippen MR) is 54.0 cm³/mol. The number of aromatic nitrogens is 2. The zero-order chi connectivity index (χ0) is 10.7. The molecule has 1 N–H and O–H groups in total. The van der Waals surface area contributed by atoms with Crippen molar-refractivity contribution in [2.75, 3.05) is 13.2 Å². The molecule has 0 saturated carbocycles. The molecule has 2 heterocycles. The van der Waals surface area contributed by atoms with Crippen LogP contribution in [-0.4, -0.2) is 44.9 Å². The molecule has 1 aliphatic rings. The van der Waals surface area contributed by atoms with Gasteiger partial charge in [0.25, 0.3) is 0 Å². The van der Waals surface area contributed by atoms with Crippen LogP contribution in [0.5, 0.6) is 0 Å². The monoisotopic (exact) mass is 209 g/mol. The molecule has 1 saturated heterocycles. The van der Waals surface area contributed by atoms with Gasteiger partial charge in [0.15, 0.2) is 0 Å². The smallest absolute Gasteiger partial charge is 0.244 e. The average molecular weight is 209 g/mol. The van der Waals surface area contributed by atoms with E-state index in [0.29, 0.717) is 0 Å². The number of carbonyl (C=O) groups is 1. The fourth-order valence-corrected chi connectivity index (χ4v) is 1.98. The number of aliphatic hydroxyl groups excluding tert-OH is 1. The third kappa shape index (κ3) is 2.18. The predicted octanol–water partition coefficient (Wildman–Crippen LogP) is -0.134. The van der Waals surface area contributed by atoms with Crippen LogP contribution in [-0.2, 0) is 11.3 Å². The van der Waals surface area contributed by atoms with Crippen molar-refractivity contribution < 1.29 is 9.90 Å². The van der Waals surface area contributed by atoms with Crippen molar-refractivity contribution >= 4 is 5.91 Å². The maximum atomic E-state index is 11.8. The summed E-state index contributed by atoms with van der Waals surface area (Å²) in [6, 6.07) is 1.80. The van der Waals surface area contributed by atoms with Gasteiger partial charge in [0.2, 0.25) is 5.91 Å². The van der Waals surface area contributed by atoms with E-state index in [1.807, 2.05) is 0 Å². The summed E-state index contributed by atoms with van der Waals surface area (Å²) in [5.41, 5.74) is 0. The first-order valence-electron chi connectivity index (χ1n) is 5.19. The first-order valence-corrected chi connectivity index (χ1v) is 5.19. The average Bonchev–Trinajstić information content (AvgIpc) is 2.86. The fraction of sp³-hybridized carbons (Fsp3) is 0.600. The van der Waals surface area contributed by atoms with E-state index in [9.17, 15) is 4.79 Å². The lowest BCUT2D eigenvalue weighted by atomic mass is 10.2. The molecule has 0 aromatic carbocycles. The van der Waals surface area contributed by atoms with E-state index in [2.05, 4.69) is 5.10 Å². The number of hydrogen-bond donors (Lipinski definition) is 1. The van der Waals surface area contributed by atoms with Crippen molar-refractivity contribution in [1.29, 1.82) is 0 Å². The number of nitrogens with zero attached hydrogens (tertiary/aromatic N) is 3. The zero-order valence-electron chi connectivity index (χ0n) is 8.54. The van der Waals surface area contributed by atoms with Crippen LogP contribution in [0.25, 0.3) is 0 Å². The van der Waals surface area contributed by atoms with Crippen molar-refractivity contribution in [2.45, 2.75) is 25.4 Å². The van der Waals surface area contributed by atoms with Crippen molar-refractivity contribution in [3.05, 3.63) is 18.5 Å². The number of amides is 1. The molecule has 15 heavy (non-hydrogen) atoms. The Morgan fingerprint density at radius 2 is 2.47 bits per heavy atom. The number of likely N-dealkylation sites (tertiary alicyclic amines) is 1. The van der Waals surface area contributed by atoms with Crippen LogP contribution in [0.3, 0.4) is 0 Å². The Balaban J connectivity index is 1.96. The molecule has 1 fully saturated rings. The van der Waals surface area contributed by atoms with Crippen LogP contribution in [0, 0.1) is 0 Å². The van der Waals surface area contributed by atoms with Gasteiger partial charge in [-0.3, -0.25) is 9.48 Å². The van der Waals surface area contributed by atoms with Gasteiger partial charge in [-0.2, -0.15) is 5.10 Å². The largest absolute Gasteiger partial charge is 0.394 e. The molecule has 0 radical (unpaired) electrons. The molecule has 5 nitrogen and oxygen atoms in total. The third-order valence-corrected chi connectivity index (χ3v) is 2.76. The molecule has 1 unspecified atom stereocenters. The molecule has 0 bridgehead atoms. The van der Waals surface area contributed by atoms with Gasteiger partial charge >= 0.3 is 0 Å². The van der Waals surface area contributed by atoms with E-state index in [1.54, 1.807) is 28.0 Å². The molecule has 1 amide bonds. The summed E-state index contributed by atoms with van der Waals surface area (Å²) in [4.78, 5) is 13.6. The van der Waals surface area contributed by atoms with Crippen LogP contribution < -0.4 is 0 Å². The molecule has 1 aromatic rings. The quantitative estimate of drug-likeness (QED) is 0.754. The minimum atomic E-state index is 0.00747. The lowest BCUT2D eigenvalue weighted by Gasteiger charge is -2.22. The van der Waals surface area contributed by atoms with Gasteiger partial charge in [0.05, 0.1) is 12.6 Å². The van der Waals surface area contributed by atoms with E-state index in [0.717, 1.165) is 19.4 Å². The second-order valence-corrected chi connectivity index (χ2v) is 3.77. The van der Waals surface area contributed by atoms with Gasteiger partial charge in [-0.25, -0.2) is 0 Å².